The van der Waals surface area contributed by atoms with Crippen molar-refractivity contribution in [1.29, 1.82) is 0 Å². The quantitative estimate of drug-likeness (QED) is 0.548. The molecule has 2 aromatic carbocycles. The molecule has 162 valence electrons. The third-order valence-corrected chi connectivity index (χ3v) is 6.39. The highest BCUT2D eigenvalue weighted by atomic mass is 35.5. The predicted octanol–water partition coefficient (Wildman–Crippen LogP) is 6.47. The molecular formula is C24H29Cl2NO3. The molecule has 2 aromatic rings. The number of carbonyl (C=O) groups excluding carboxylic acids is 1. The molecule has 1 saturated heterocycles. The molecule has 1 atom stereocenters. The Morgan fingerprint density at radius 1 is 1.17 bits per heavy atom. The van der Waals surface area contributed by atoms with Crippen LogP contribution in [0.1, 0.15) is 49.8 Å². The van der Waals surface area contributed by atoms with Crippen LogP contribution in [0.15, 0.2) is 30.3 Å². The van der Waals surface area contributed by atoms with E-state index in [1.54, 1.807) is 12.1 Å². The standard InChI is InChI=1S/C24H29Cl2NO3/c1-5-17(4)30-22-15(2)12-19(13-16(22)3)27-23(28)24(8-10-29-11-9-24)20-7-6-18(25)14-21(20)26/h6-7,12-14,17H,5,8-11H2,1-4H3,(H,27,28)/t17-/m0/s1. The monoisotopic (exact) mass is 449 g/mol. The van der Waals surface area contributed by atoms with Gasteiger partial charge in [0.05, 0.1) is 11.5 Å². The average molecular weight is 450 g/mol. The van der Waals surface area contributed by atoms with Crippen molar-refractivity contribution in [3.8, 4) is 5.75 Å². The highest BCUT2D eigenvalue weighted by molar-refractivity contribution is 6.35. The summed E-state index contributed by atoms with van der Waals surface area (Å²) in [7, 11) is 0. The van der Waals surface area contributed by atoms with E-state index in [0.717, 1.165) is 34.5 Å². The molecular weight excluding hydrogens is 421 g/mol. The van der Waals surface area contributed by atoms with Crippen LogP contribution in [0.2, 0.25) is 10.0 Å². The van der Waals surface area contributed by atoms with Crippen LogP contribution in [0.3, 0.4) is 0 Å². The van der Waals surface area contributed by atoms with E-state index in [1.165, 1.54) is 0 Å². The van der Waals surface area contributed by atoms with Gasteiger partial charge in [-0.1, -0.05) is 36.2 Å². The van der Waals surface area contributed by atoms with Gasteiger partial charge in [0.1, 0.15) is 5.75 Å². The Balaban J connectivity index is 1.92. The Bertz CT molecular complexity index is 900. The molecule has 4 nitrogen and oxygen atoms in total. The lowest BCUT2D eigenvalue weighted by atomic mass is 9.73. The molecule has 1 aliphatic rings. The maximum Gasteiger partial charge on any atom is 0.235 e. The van der Waals surface area contributed by atoms with Crippen molar-refractivity contribution in [2.24, 2.45) is 0 Å². The van der Waals surface area contributed by atoms with Crippen molar-refractivity contribution in [2.45, 2.75) is 58.5 Å². The first-order valence-corrected chi connectivity index (χ1v) is 11.1. The van der Waals surface area contributed by atoms with Crippen LogP contribution in [0.5, 0.6) is 5.75 Å². The first-order chi connectivity index (χ1) is 14.3. The summed E-state index contributed by atoms with van der Waals surface area (Å²) in [6, 6.07) is 9.24. The molecule has 1 fully saturated rings. The van der Waals surface area contributed by atoms with Crippen LogP contribution >= 0.6 is 23.2 Å². The fraction of sp³-hybridized carbons (Fsp3) is 0.458. The molecule has 1 N–H and O–H groups in total. The van der Waals surface area contributed by atoms with Gasteiger partial charge in [-0.25, -0.2) is 0 Å². The molecule has 0 spiro atoms. The van der Waals surface area contributed by atoms with Gasteiger partial charge in [-0.3, -0.25) is 4.79 Å². The fourth-order valence-electron chi connectivity index (χ4n) is 3.96. The predicted molar refractivity (Wildman–Crippen MR) is 123 cm³/mol. The maximum absolute atomic E-state index is 13.6. The van der Waals surface area contributed by atoms with Crippen LogP contribution in [-0.2, 0) is 14.9 Å². The second-order valence-electron chi connectivity index (χ2n) is 8.05. The Hall–Kier alpha value is -1.75. The zero-order valence-corrected chi connectivity index (χ0v) is 19.5. The van der Waals surface area contributed by atoms with Gasteiger partial charge in [-0.15, -0.1) is 0 Å². The van der Waals surface area contributed by atoms with E-state index < -0.39 is 5.41 Å². The van der Waals surface area contributed by atoms with E-state index in [-0.39, 0.29) is 12.0 Å². The summed E-state index contributed by atoms with van der Waals surface area (Å²) in [5.74, 6) is 0.799. The summed E-state index contributed by atoms with van der Waals surface area (Å²) in [6.07, 6.45) is 2.20. The number of halogens is 2. The molecule has 0 bridgehead atoms. The van der Waals surface area contributed by atoms with Gasteiger partial charge >= 0.3 is 0 Å². The van der Waals surface area contributed by atoms with Crippen LogP contribution in [0.4, 0.5) is 5.69 Å². The van der Waals surface area contributed by atoms with Crippen molar-refractivity contribution in [1.82, 2.24) is 0 Å². The number of carbonyl (C=O) groups is 1. The number of amides is 1. The number of nitrogens with one attached hydrogen (secondary N) is 1. The number of rotatable bonds is 6. The molecule has 0 unspecified atom stereocenters. The molecule has 1 amide bonds. The second-order valence-corrected chi connectivity index (χ2v) is 8.89. The van der Waals surface area contributed by atoms with Gasteiger partial charge in [0.15, 0.2) is 0 Å². The molecule has 0 aliphatic carbocycles. The van der Waals surface area contributed by atoms with Gasteiger partial charge < -0.3 is 14.8 Å². The normalized spacial score (nSPS) is 16.7. The smallest absolute Gasteiger partial charge is 0.235 e. The summed E-state index contributed by atoms with van der Waals surface area (Å²) in [6.45, 7) is 9.16. The van der Waals surface area contributed by atoms with Gasteiger partial charge in [-0.2, -0.15) is 0 Å². The Kier molecular flexibility index (Phi) is 7.33. The van der Waals surface area contributed by atoms with Crippen LogP contribution in [-0.4, -0.2) is 25.2 Å². The summed E-state index contributed by atoms with van der Waals surface area (Å²) >= 11 is 12.6. The molecule has 1 heterocycles. The van der Waals surface area contributed by atoms with E-state index in [4.69, 9.17) is 32.7 Å². The lowest BCUT2D eigenvalue weighted by Gasteiger charge is -2.37. The number of hydrogen-bond donors (Lipinski definition) is 1. The van der Waals surface area contributed by atoms with Gasteiger partial charge in [-0.05, 0) is 81.0 Å². The fourth-order valence-corrected chi connectivity index (χ4v) is 4.55. The highest BCUT2D eigenvalue weighted by Gasteiger charge is 2.43. The largest absolute Gasteiger partial charge is 0.490 e. The average Bonchev–Trinajstić information content (AvgIpc) is 2.71. The summed E-state index contributed by atoms with van der Waals surface area (Å²) in [4.78, 5) is 13.6. The second kappa shape index (κ2) is 9.59. The maximum atomic E-state index is 13.6. The summed E-state index contributed by atoms with van der Waals surface area (Å²) < 4.78 is 11.6. The summed E-state index contributed by atoms with van der Waals surface area (Å²) in [5.41, 5.74) is 2.78. The third-order valence-electron chi connectivity index (χ3n) is 5.84. The van der Waals surface area contributed by atoms with E-state index in [2.05, 4.69) is 19.2 Å². The molecule has 30 heavy (non-hydrogen) atoms. The Morgan fingerprint density at radius 3 is 2.37 bits per heavy atom. The number of anilines is 1. The van der Waals surface area contributed by atoms with E-state index >= 15 is 0 Å². The zero-order valence-electron chi connectivity index (χ0n) is 18.0. The lowest BCUT2D eigenvalue weighted by molar-refractivity contribution is -0.125. The number of benzene rings is 2. The third kappa shape index (κ3) is 4.77. The molecule has 6 heteroatoms. The summed E-state index contributed by atoms with van der Waals surface area (Å²) in [5, 5.41) is 4.18. The SMILES string of the molecule is CC[C@H](C)Oc1c(C)cc(NC(=O)C2(c3ccc(Cl)cc3Cl)CCOCC2)cc1C. The number of hydrogen-bond acceptors (Lipinski definition) is 3. The minimum atomic E-state index is -0.756. The minimum absolute atomic E-state index is 0.0792. The van der Waals surface area contributed by atoms with E-state index in [0.29, 0.717) is 36.1 Å². The molecule has 0 radical (unpaired) electrons. The van der Waals surface area contributed by atoms with Crippen molar-refractivity contribution >= 4 is 34.8 Å². The van der Waals surface area contributed by atoms with Crippen LogP contribution in [0.25, 0.3) is 0 Å². The van der Waals surface area contributed by atoms with Crippen LogP contribution < -0.4 is 10.1 Å². The Labute approximate surface area is 188 Å². The van der Waals surface area contributed by atoms with Crippen molar-refractivity contribution < 1.29 is 14.3 Å². The zero-order chi connectivity index (χ0) is 21.9. The highest BCUT2D eigenvalue weighted by Crippen LogP contribution is 2.41. The molecule has 1 aliphatic heterocycles. The van der Waals surface area contributed by atoms with E-state index in [9.17, 15) is 4.79 Å². The minimum Gasteiger partial charge on any atom is -0.490 e. The molecule has 0 aromatic heterocycles. The lowest BCUT2D eigenvalue weighted by Crippen LogP contribution is -2.45. The molecule has 0 saturated carbocycles. The van der Waals surface area contributed by atoms with Crippen molar-refractivity contribution in [3.63, 3.8) is 0 Å². The number of ether oxygens (including phenoxy) is 2. The van der Waals surface area contributed by atoms with Gasteiger partial charge in [0.2, 0.25) is 5.91 Å². The van der Waals surface area contributed by atoms with E-state index in [1.807, 2.05) is 32.0 Å². The van der Waals surface area contributed by atoms with Gasteiger partial charge in [0, 0.05) is 28.9 Å². The van der Waals surface area contributed by atoms with Crippen molar-refractivity contribution in [3.05, 3.63) is 57.1 Å². The van der Waals surface area contributed by atoms with Crippen LogP contribution in [0, 0.1) is 13.8 Å². The Morgan fingerprint density at radius 2 is 1.80 bits per heavy atom. The van der Waals surface area contributed by atoms with Gasteiger partial charge in [0.25, 0.3) is 0 Å². The topological polar surface area (TPSA) is 47.6 Å². The first kappa shape index (κ1) is 22.9. The first-order valence-electron chi connectivity index (χ1n) is 10.4. The number of aryl methyl sites for hydroxylation is 2. The van der Waals surface area contributed by atoms with Crippen molar-refractivity contribution in [2.75, 3.05) is 18.5 Å². The molecule has 3 rings (SSSR count).